The Bertz CT molecular complexity index is 1250. The number of halogens is 1. The summed E-state index contributed by atoms with van der Waals surface area (Å²) < 4.78 is 6.04. The molecule has 33 heavy (non-hydrogen) atoms. The predicted molar refractivity (Wildman–Crippen MR) is 134 cm³/mol. The van der Waals surface area contributed by atoms with Gasteiger partial charge in [0.05, 0.1) is 5.60 Å². The smallest absolute Gasteiger partial charge is 0.337 e. The van der Waals surface area contributed by atoms with Crippen LogP contribution in [0.25, 0.3) is 21.9 Å². The second-order valence-corrected chi connectivity index (χ2v) is 10.1. The van der Waals surface area contributed by atoms with Gasteiger partial charge in [-0.15, -0.1) is 0 Å². The zero-order valence-electron chi connectivity index (χ0n) is 19.8. The van der Waals surface area contributed by atoms with Gasteiger partial charge in [0.25, 0.3) is 0 Å². The molecule has 0 amide bonds. The van der Waals surface area contributed by atoms with E-state index in [1.54, 1.807) is 26.0 Å². The Labute approximate surface area is 200 Å². The summed E-state index contributed by atoms with van der Waals surface area (Å²) in [4.78, 5) is 12.4. The molecule has 3 aromatic carbocycles. The number of aryl methyl sites for hydroxylation is 1. The summed E-state index contributed by atoms with van der Waals surface area (Å²) in [6, 6.07) is 15.1. The van der Waals surface area contributed by atoms with Crippen molar-refractivity contribution in [3.8, 4) is 23.0 Å². The zero-order valence-corrected chi connectivity index (χ0v) is 20.5. The first-order valence-corrected chi connectivity index (χ1v) is 11.1. The molecule has 172 valence electrons. The molecule has 2 N–H and O–H groups in total. The van der Waals surface area contributed by atoms with Crippen molar-refractivity contribution in [2.75, 3.05) is 0 Å². The van der Waals surface area contributed by atoms with E-state index < -0.39 is 23.3 Å². The number of hydrogen-bond acceptors (Lipinski definition) is 3. The molecular weight excluding hydrogens is 436 g/mol. The van der Waals surface area contributed by atoms with Crippen molar-refractivity contribution in [1.82, 2.24) is 0 Å². The van der Waals surface area contributed by atoms with Gasteiger partial charge in [0.2, 0.25) is 0 Å². The van der Waals surface area contributed by atoms with Crippen LogP contribution in [-0.2, 0) is 9.53 Å². The highest BCUT2D eigenvalue weighted by atomic mass is 35.5. The summed E-state index contributed by atoms with van der Waals surface area (Å²) in [5.74, 6) is 4.80. The number of ether oxygens (including phenoxy) is 1. The molecule has 0 fully saturated rings. The lowest BCUT2D eigenvalue weighted by Crippen LogP contribution is -2.28. The molecule has 0 heterocycles. The molecule has 5 heteroatoms. The van der Waals surface area contributed by atoms with E-state index in [4.69, 9.17) is 16.3 Å². The van der Waals surface area contributed by atoms with Crippen molar-refractivity contribution in [3.05, 3.63) is 70.2 Å². The molecule has 1 atom stereocenters. The summed E-state index contributed by atoms with van der Waals surface area (Å²) in [5.41, 5.74) is 1.95. The Morgan fingerprint density at radius 1 is 1.03 bits per heavy atom. The quantitative estimate of drug-likeness (QED) is 0.430. The minimum Gasteiger partial charge on any atom is -0.479 e. The monoisotopic (exact) mass is 464 g/mol. The topological polar surface area (TPSA) is 66.8 Å². The number of carboxylic acids is 1. The Hall–Kier alpha value is -2.84. The fourth-order valence-electron chi connectivity index (χ4n) is 3.71. The molecule has 0 bridgehead atoms. The lowest BCUT2D eigenvalue weighted by Gasteiger charge is -2.28. The molecule has 0 aliphatic heterocycles. The first-order chi connectivity index (χ1) is 15.2. The van der Waals surface area contributed by atoms with Crippen LogP contribution in [0.2, 0.25) is 5.02 Å². The SMILES string of the molecule is Cc1cc2ccc(C#CC(C)(C)O)cc2c(-c2ccc(Cl)cc2)c1C(OC(C)(C)C)C(=O)O. The Kier molecular flexibility index (Phi) is 6.91. The predicted octanol–water partition coefficient (Wildman–Crippen LogP) is 6.53. The number of carboxylic acid groups (broad SMARTS) is 1. The van der Waals surface area contributed by atoms with Crippen LogP contribution in [0.15, 0.2) is 48.5 Å². The summed E-state index contributed by atoms with van der Waals surface area (Å²) in [6.45, 7) is 10.7. The maximum Gasteiger partial charge on any atom is 0.337 e. The maximum absolute atomic E-state index is 12.4. The third-order valence-electron chi connectivity index (χ3n) is 4.99. The largest absolute Gasteiger partial charge is 0.479 e. The van der Waals surface area contributed by atoms with Crippen LogP contribution in [0.3, 0.4) is 0 Å². The van der Waals surface area contributed by atoms with Gasteiger partial charge < -0.3 is 14.9 Å². The van der Waals surface area contributed by atoms with Gasteiger partial charge >= 0.3 is 5.97 Å². The van der Waals surface area contributed by atoms with Crippen LogP contribution in [0.1, 0.15) is 57.4 Å². The molecule has 3 rings (SSSR count). The van der Waals surface area contributed by atoms with E-state index in [0.29, 0.717) is 10.6 Å². The zero-order chi connectivity index (χ0) is 24.6. The Balaban J connectivity index is 2.40. The van der Waals surface area contributed by atoms with Gasteiger partial charge in [-0.3, -0.25) is 0 Å². The average Bonchev–Trinajstić information content (AvgIpc) is 2.69. The molecule has 0 saturated carbocycles. The first kappa shape index (κ1) is 24.8. The second-order valence-electron chi connectivity index (χ2n) is 9.68. The van der Waals surface area contributed by atoms with Gasteiger partial charge in [-0.05, 0) is 93.3 Å². The number of hydrogen-bond donors (Lipinski definition) is 2. The van der Waals surface area contributed by atoms with Gasteiger partial charge in [0.15, 0.2) is 6.10 Å². The summed E-state index contributed by atoms with van der Waals surface area (Å²) in [7, 11) is 0. The lowest BCUT2D eigenvalue weighted by molar-refractivity contribution is -0.160. The van der Waals surface area contributed by atoms with Crippen molar-refractivity contribution in [2.45, 2.75) is 58.8 Å². The molecule has 4 nitrogen and oxygen atoms in total. The van der Waals surface area contributed by atoms with Gasteiger partial charge in [-0.25, -0.2) is 4.79 Å². The molecule has 3 aromatic rings. The van der Waals surface area contributed by atoms with Crippen molar-refractivity contribution in [2.24, 2.45) is 0 Å². The fraction of sp³-hybridized carbons (Fsp3) is 0.321. The number of rotatable bonds is 4. The summed E-state index contributed by atoms with van der Waals surface area (Å²) >= 11 is 6.14. The average molecular weight is 465 g/mol. The third-order valence-corrected chi connectivity index (χ3v) is 5.24. The van der Waals surface area contributed by atoms with Gasteiger partial charge in [-0.2, -0.15) is 0 Å². The Morgan fingerprint density at radius 3 is 2.21 bits per heavy atom. The van der Waals surface area contributed by atoms with Crippen LogP contribution in [-0.4, -0.2) is 27.4 Å². The van der Waals surface area contributed by atoms with E-state index in [0.717, 1.165) is 33.0 Å². The molecule has 0 aliphatic carbocycles. The maximum atomic E-state index is 12.4. The van der Waals surface area contributed by atoms with Crippen molar-refractivity contribution >= 4 is 28.3 Å². The van der Waals surface area contributed by atoms with E-state index in [1.807, 2.05) is 64.1 Å². The normalized spacial score (nSPS) is 12.8. The van der Waals surface area contributed by atoms with E-state index in [-0.39, 0.29) is 0 Å². The first-order valence-electron chi connectivity index (χ1n) is 10.7. The molecule has 0 radical (unpaired) electrons. The molecule has 0 aliphatic rings. The molecule has 1 unspecified atom stereocenters. The van der Waals surface area contributed by atoms with Crippen LogP contribution in [0.4, 0.5) is 0 Å². The van der Waals surface area contributed by atoms with E-state index in [9.17, 15) is 15.0 Å². The molecule has 0 saturated heterocycles. The van der Waals surface area contributed by atoms with Crippen LogP contribution in [0, 0.1) is 18.8 Å². The standard InChI is InChI=1S/C28H29ClO4/c1-17-15-20-8-7-18(13-14-28(5,6)32)16-22(20)24(19-9-11-21(29)12-10-19)23(17)25(26(30)31)33-27(2,3)4/h7-12,15-16,25,32H,1-6H3,(H,30,31). The van der Waals surface area contributed by atoms with Crippen molar-refractivity contribution in [3.63, 3.8) is 0 Å². The van der Waals surface area contributed by atoms with Crippen molar-refractivity contribution in [1.29, 1.82) is 0 Å². The number of carbonyl (C=O) groups is 1. The second kappa shape index (κ2) is 9.19. The van der Waals surface area contributed by atoms with Gasteiger partial charge in [0, 0.05) is 16.1 Å². The summed E-state index contributed by atoms with van der Waals surface area (Å²) in [5, 5.41) is 22.5. The number of benzene rings is 3. The molecule has 0 spiro atoms. The highest BCUT2D eigenvalue weighted by Gasteiger charge is 2.31. The van der Waals surface area contributed by atoms with Crippen molar-refractivity contribution < 1.29 is 19.7 Å². The van der Waals surface area contributed by atoms with Gasteiger partial charge in [0.1, 0.15) is 5.60 Å². The van der Waals surface area contributed by atoms with Gasteiger partial charge in [-0.1, -0.05) is 47.7 Å². The van der Waals surface area contributed by atoms with E-state index in [2.05, 4.69) is 11.8 Å². The minimum absolute atomic E-state index is 0.592. The number of aliphatic hydroxyl groups is 1. The molecule has 0 aromatic heterocycles. The third kappa shape index (κ3) is 6.15. The number of fused-ring (bicyclic) bond motifs is 1. The van der Waals surface area contributed by atoms with E-state index in [1.165, 1.54) is 0 Å². The fourth-order valence-corrected chi connectivity index (χ4v) is 3.83. The number of aliphatic carboxylic acids is 1. The highest BCUT2D eigenvalue weighted by molar-refractivity contribution is 6.30. The Morgan fingerprint density at radius 2 is 1.67 bits per heavy atom. The molecular formula is C28H29ClO4. The lowest BCUT2D eigenvalue weighted by atomic mass is 9.86. The van der Waals surface area contributed by atoms with E-state index >= 15 is 0 Å². The van der Waals surface area contributed by atoms with Crippen LogP contribution < -0.4 is 0 Å². The minimum atomic E-state index is -1.16. The van der Waals surface area contributed by atoms with Crippen LogP contribution in [0.5, 0.6) is 0 Å². The summed E-state index contributed by atoms with van der Waals surface area (Å²) in [6.07, 6.45) is -1.16. The highest BCUT2D eigenvalue weighted by Crippen LogP contribution is 2.41. The van der Waals surface area contributed by atoms with Crippen LogP contribution >= 0.6 is 11.6 Å².